The lowest BCUT2D eigenvalue weighted by molar-refractivity contribution is -0.121. The van der Waals surface area contributed by atoms with E-state index >= 15 is 0 Å². The lowest BCUT2D eigenvalue weighted by Crippen LogP contribution is -2.34. The maximum atomic E-state index is 14.3. The van der Waals surface area contributed by atoms with Gasteiger partial charge >= 0.3 is 0 Å². The first-order valence-electron chi connectivity index (χ1n) is 7.60. The molecular formula is C19H19FOS. The van der Waals surface area contributed by atoms with E-state index in [9.17, 15) is 9.18 Å². The largest absolute Gasteiger partial charge is 0.299 e. The number of benzene rings is 2. The molecule has 1 aliphatic rings. The molecule has 0 bridgehead atoms. The van der Waals surface area contributed by atoms with Gasteiger partial charge in [-0.15, -0.1) is 11.8 Å². The van der Waals surface area contributed by atoms with E-state index in [1.165, 1.54) is 11.6 Å². The molecule has 0 unspecified atom stereocenters. The van der Waals surface area contributed by atoms with Crippen LogP contribution in [0.25, 0.3) is 0 Å². The average Bonchev–Trinajstić information content (AvgIpc) is 2.89. The van der Waals surface area contributed by atoms with Crippen LogP contribution in [0.4, 0.5) is 4.39 Å². The second-order valence-electron chi connectivity index (χ2n) is 5.89. The number of Topliss-reactive ketones (excluding diaryl/α,β-unsaturated/α-hetero) is 1. The van der Waals surface area contributed by atoms with E-state index in [2.05, 4.69) is 19.1 Å². The number of carbonyl (C=O) groups is 1. The standard InChI is InChI=1S/C19H19FOS/c1-14-7-2-5-10-17(14)22-13-19(12-6-11-18(19)21)15-8-3-4-9-16(15)20/h2-5,7-10H,6,11-13H2,1H3/t19-/m0/s1. The smallest absolute Gasteiger partial charge is 0.144 e. The maximum absolute atomic E-state index is 14.3. The third-order valence-electron chi connectivity index (χ3n) is 4.50. The number of thioether (sulfide) groups is 1. The van der Waals surface area contributed by atoms with Crippen molar-refractivity contribution < 1.29 is 9.18 Å². The van der Waals surface area contributed by atoms with Crippen molar-refractivity contribution in [2.75, 3.05) is 5.75 Å². The van der Waals surface area contributed by atoms with E-state index < -0.39 is 5.41 Å². The third kappa shape index (κ3) is 2.70. The van der Waals surface area contributed by atoms with Gasteiger partial charge in [0.25, 0.3) is 0 Å². The van der Waals surface area contributed by atoms with Crippen LogP contribution in [0.2, 0.25) is 0 Å². The molecule has 0 amide bonds. The van der Waals surface area contributed by atoms with Crippen molar-refractivity contribution in [1.82, 2.24) is 0 Å². The topological polar surface area (TPSA) is 17.1 Å². The first kappa shape index (κ1) is 15.3. The van der Waals surface area contributed by atoms with Gasteiger partial charge in [0.15, 0.2) is 0 Å². The Kier molecular flexibility index (Phi) is 4.34. The quantitative estimate of drug-likeness (QED) is 0.745. The molecule has 0 radical (unpaired) electrons. The molecule has 0 aliphatic heterocycles. The first-order chi connectivity index (χ1) is 10.6. The van der Waals surface area contributed by atoms with Gasteiger partial charge in [-0.25, -0.2) is 4.39 Å². The summed E-state index contributed by atoms with van der Waals surface area (Å²) in [6.45, 7) is 2.06. The molecule has 0 aromatic heterocycles. The van der Waals surface area contributed by atoms with Crippen LogP contribution >= 0.6 is 11.8 Å². The van der Waals surface area contributed by atoms with Crippen molar-refractivity contribution in [1.29, 1.82) is 0 Å². The molecule has 0 heterocycles. The Bertz CT molecular complexity index is 697. The lowest BCUT2D eigenvalue weighted by atomic mass is 9.79. The van der Waals surface area contributed by atoms with Crippen LogP contribution < -0.4 is 0 Å². The number of hydrogen-bond donors (Lipinski definition) is 0. The number of aryl methyl sites for hydroxylation is 1. The van der Waals surface area contributed by atoms with Gasteiger partial charge in [-0.05, 0) is 37.5 Å². The maximum Gasteiger partial charge on any atom is 0.144 e. The van der Waals surface area contributed by atoms with Crippen molar-refractivity contribution >= 4 is 17.5 Å². The fourth-order valence-electron chi connectivity index (χ4n) is 3.21. The van der Waals surface area contributed by atoms with Gasteiger partial charge in [0, 0.05) is 22.6 Å². The van der Waals surface area contributed by atoms with Gasteiger partial charge in [-0.1, -0.05) is 36.4 Å². The fourth-order valence-corrected chi connectivity index (χ4v) is 4.55. The highest BCUT2D eigenvalue weighted by molar-refractivity contribution is 7.99. The summed E-state index contributed by atoms with van der Waals surface area (Å²) >= 11 is 1.66. The first-order valence-corrected chi connectivity index (χ1v) is 8.59. The highest BCUT2D eigenvalue weighted by Gasteiger charge is 2.44. The zero-order valence-electron chi connectivity index (χ0n) is 12.6. The van der Waals surface area contributed by atoms with Crippen molar-refractivity contribution in [2.45, 2.75) is 36.5 Å². The Morgan fingerprint density at radius 2 is 1.86 bits per heavy atom. The van der Waals surface area contributed by atoms with Gasteiger partial charge in [0.2, 0.25) is 0 Å². The molecule has 3 heteroatoms. The van der Waals surface area contributed by atoms with Crippen LogP contribution in [0, 0.1) is 12.7 Å². The molecule has 1 fully saturated rings. The molecule has 22 heavy (non-hydrogen) atoms. The summed E-state index contributed by atoms with van der Waals surface area (Å²) in [5, 5.41) is 0. The summed E-state index contributed by atoms with van der Waals surface area (Å²) in [7, 11) is 0. The Morgan fingerprint density at radius 1 is 1.14 bits per heavy atom. The highest BCUT2D eigenvalue weighted by Crippen LogP contribution is 2.43. The van der Waals surface area contributed by atoms with Gasteiger partial charge in [-0.3, -0.25) is 4.79 Å². The minimum absolute atomic E-state index is 0.179. The number of rotatable bonds is 4. The second kappa shape index (κ2) is 6.25. The van der Waals surface area contributed by atoms with Crippen LogP contribution in [0.3, 0.4) is 0 Å². The summed E-state index contributed by atoms with van der Waals surface area (Å²) in [5.74, 6) is 0.527. The summed E-state index contributed by atoms with van der Waals surface area (Å²) in [4.78, 5) is 13.7. The number of hydrogen-bond acceptors (Lipinski definition) is 2. The van der Waals surface area contributed by atoms with Gasteiger partial charge in [0.05, 0.1) is 5.41 Å². The molecule has 1 nitrogen and oxygen atoms in total. The normalized spacial score (nSPS) is 21.3. The van der Waals surface area contributed by atoms with Crippen molar-refractivity contribution in [3.05, 3.63) is 65.5 Å². The summed E-state index contributed by atoms with van der Waals surface area (Å²) < 4.78 is 14.3. The predicted octanol–water partition coefficient (Wildman–Crippen LogP) is 4.92. The molecule has 2 aromatic rings. The van der Waals surface area contributed by atoms with E-state index in [0.29, 0.717) is 17.7 Å². The van der Waals surface area contributed by atoms with Crippen LogP contribution in [0.1, 0.15) is 30.4 Å². The molecule has 3 rings (SSSR count). The summed E-state index contributed by atoms with van der Waals surface area (Å²) in [6.07, 6.45) is 2.15. The van der Waals surface area contributed by atoms with Crippen LogP contribution in [0.5, 0.6) is 0 Å². The summed E-state index contributed by atoms with van der Waals surface area (Å²) in [5.41, 5.74) is 1.10. The van der Waals surface area contributed by atoms with E-state index in [0.717, 1.165) is 17.7 Å². The van der Waals surface area contributed by atoms with E-state index in [4.69, 9.17) is 0 Å². The average molecular weight is 314 g/mol. The molecule has 0 spiro atoms. The molecule has 1 aliphatic carbocycles. The van der Waals surface area contributed by atoms with Crippen molar-refractivity contribution in [3.63, 3.8) is 0 Å². The van der Waals surface area contributed by atoms with Crippen molar-refractivity contribution in [2.24, 2.45) is 0 Å². The van der Waals surface area contributed by atoms with E-state index in [1.807, 2.05) is 18.2 Å². The minimum Gasteiger partial charge on any atom is -0.299 e. The Labute approximate surface area is 134 Å². The van der Waals surface area contributed by atoms with Crippen LogP contribution in [-0.4, -0.2) is 11.5 Å². The van der Waals surface area contributed by atoms with E-state index in [-0.39, 0.29) is 11.6 Å². The molecule has 2 aromatic carbocycles. The zero-order valence-corrected chi connectivity index (χ0v) is 13.5. The molecule has 1 saturated carbocycles. The predicted molar refractivity (Wildman–Crippen MR) is 88.8 cm³/mol. The molecule has 114 valence electrons. The number of carbonyl (C=O) groups excluding carboxylic acids is 1. The molecule has 1 atom stereocenters. The third-order valence-corrected chi connectivity index (χ3v) is 5.90. The zero-order chi connectivity index (χ0) is 15.6. The Morgan fingerprint density at radius 3 is 2.55 bits per heavy atom. The Balaban J connectivity index is 1.93. The number of ketones is 1. The number of halogens is 1. The fraction of sp³-hybridized carbons (Fsp3) is 0.316. The van der Waals surface area contributed by atoms with Crippen LogP contribution in [0.15, 0.2) is 53.4 Å². The van der Waals surface area contributed by atoms with Gasteiger partial charge < -0.3 is 0 Å². The lowest BCUT2D eigenvalue weighted by Gasteiger charge is -2.28. The molecule has 0 saturated heterocycles. The summed E-state index contributed by atoms with van der Waals surface area (Å²) in [6, 6.07) is 14.9. The van der Waals surface area contributed by atoms with E-state index in [1.54, 1.807) is 23.9 Å². The van der Waals surface area contributed by atoms with Crippen LogP contribution in [-0.2, 0) is 10.2 Å². The Hall–Kier alpha value is -1.61. The SMILES string of the molecule is Cc1ccccc1SC[C@]1(c2ccccc2F)CCCC1=O. The van der Waals surface area contributed by atoms with Gasteiger partial charge in [-0.2, -0.15) is 0 Å². The molecule has 0 N–H and O–H groups in total. The van der Waals surface area contributed by atoms with Crippen molar-refractivity contribution in [3.8, 4) is 0 Å². The molecular weight excluding hydrogens is 295 g/mol. The second-order valence-corrected chi connectivity index (χ2v) is 6.91. The van der Waals surface area contributed by atoms with Gasteiger partial charge in [0.1, 0.15) is 11.6 Å². The highest BCUT2D eigenvalue weighted by atomic mass is 32.2. The monoisotopic (exact) mass is 314 g/mol. The minimum atomic E-state index is -0.668.